The molecule has 1 aromatic carbocycles. The summed E-state index contributed by atoms with van der Waals surface area (Å²) in [6, 6.07) is 3.48. The van der Waals surface area contributed by atoms with Crippen LogP contribution in [0.4, 0.5) is 0 Å². The summed E-state index contributed by atoms with van der Waals surface area (Å²) < 4.78 is 0. The maximum absolute atomic E-state index is 11.6. The number of nitrogens with zero attached hydrogens (tertiary/aromatic N) is 1. The van der Waals surface area contributed by atoms with Gasteiger partial charge in [0.2, 0.25) is 0 Å². The Morgan fingerprint density at radius 3 is 2.32 bits per heavy atom. The highest BCUT2D eigenvalue weighted by Gasteiger charge is 2.41. The van der Waals surface area contributed by atoms with Gasteiger partial charge in [0.15, 0.2) is 0 Å². The Morgan fingerprint density at radius 1 is 1.13 bits per heavy atom. The van der Waals surface area contributed by atoms with Gasteiger partial charge in [-0.25, -0.2) is 0 Å². The third kappa shape index (κ3) is 5.15. The van der Waals surface area contributed by atoms with E-state index in [1.807, 2.05) is 12.1 Å². The SMILES string of the molecule is CCCCC=CC1(c2cc(O)c([C@H]3CC[C@H](C(C)(C)C)C(N=O)C3)c(O)c2)CCCC1. The Hall–Kier alpha value is -1.84. The monoisotopic (exact) mass is 427 g/mol. The van der Waals surface area contributed by atoms with Crippen LogP contribution in [0, 0.1) is 16.2 Å². The molecule has 0 aromatic heterocycles. The van der Waals surface area contributed by atoms with E-state index >= 15 is 0 Å². The van der Waals surface area contributed by atoms with Crippen molar-refractivity contribution in [3.8, 4) is 11.5 Å². The van der Waals surface area contributed by atoms with Gasteiger partial charge in [0, 0.05) is 11.0 Å². The second-order valence-electron chi connectivity index (χ2n) is 11.0. The Morgan fingerprint density at radius 2 is 1.77 bits per heavy atom. The molecule has 2 N–H and O–H groups in total. The summed E-state index contributed by atoms with van der Waals surface area (Å²) in [6.45, 7) is 8.69. The minimum absolute atomic E-state index is 0.0243. The van der Waals surface area contributed by atoms with Gasteiger partial charge in [-0.1, -0.05) is 70.7 Å². The molecular weight excluding hydrogens is 386 g/mol. The molecule has 3 rings (SSSR count). The summed E-state index contributed by atoms with van der Waals surface area (Å²) in [6.07, 6.45) is 14.8. The fourth-order valence-electron chi connectivity index (χ4n) is 6.05. The highest BCUT2D eigenvalue weighted by atomic mass is 16.3. The molecule has 31 heavy (non-hydrogen) atoms. The van der Waals surface area contributed by atoms with E-state index in [-0.39, 0.29) is 40.2 Å². The van der Waals surface area contributed by atoms with Crippen molar-refractivity contribution in [3.05, 3.63) is 40.3 Å². The molecule has 0 radical (unpaired) electrons. The predicted octanol–water partition coefficient (Wildman–Crippen LogP) is 7.72. The number of hydrogen-bond donors (Lipinski definition) is 2. The molecule has 0 amide bonds. The molecule has 2 fully saturated rings. The van der Waals surface area contributed by atoms with Gasteiger partial charge in [0.25, 0.3) is 0 Å². The second kappa shape index (κ2) is 9.75. The Kier molecular flexibility index (Phi) is 7.49. The third-order valence-electron chi connectivity index (χ3n) is 7.84. The largest absolute Gasteiger partial charge is 0.508 e. The fraction of sp³-hybridized carbons (Fsp3) is 0.704. The van der Waals surface area contributed by atoms with Crippen LogP contribution in [0.15, 0.2) is 29.5 Å². The van der Waals surface area contributed by atoms with Crippen LogP contribution in [-0.4, -0.2) is 16.3 Å². The molecule has 172 valence electrons. The van der Waals surface area contributed by atoms with E-state index in [0.29, 0.717) is 12.0 Å². The molecular formula is C27H41NO3. The van der Waals surface area contributed by atoms with Crippen molar-refractivity contribution in [1.82, 2.24) is 0 Å². The highest BCUT2D eigenvalue weighted by molar-refractivity contribution is 5.52. The molecule has 0 heterocycles. The maximum Gasteiger partial charge on any atom is 0.123 e. The van der Waals surface area contributed by atoms with Gasteiger partial charge < -0.3 is 10.2 Å². The zero-order valence-corrected chi connectivity index (χ0v) is 19.9. The average molecular weight is 428 g/mol. The van der Waals surface area contributed by atoms with Crippen LogP contribution in [0.2, 0.25) is 0 Å². The molecule has 0 saturated heterocycles. The minimum atomic E-state index is -0.278. The zero-order chi connectivity index (χ0) is 22.6. The van der Waals surface area contributed by atoms with Crippen molar-refractivity contribution < 1.29 is 10.2 Å². The third-order valence-corrected chi connectivity index (χ3v) is 7.84. The normalized spacial score (nSPS) is 26.4. The zero-order valence-electron chi connectivity index (χ0n) is 19.9. The van der Waals surface area contributed by atoms with E-state index in [2.05, 4.69) is 45.0 Å². The minimum Gasteiger partial charge on any atom is -0.508 e. The van der Waals surface area contributed by atoms with Crippen molar-refractivity contribution in [3.63, 3.8) is 0 Å². The van der Waals surface area contributed by atoms with Gasteiger partial charge in [0.1, 0.15) is 11.5 Å². The molecule has 0 spiro atoms. The topological polar surface area (TPSA) is 69.9 Å². The highest BCUT2D eigenvalue weighted by Crippen LogP contribution is 2.51. The number of phenols is 2. The van der Waals surface area contributed by atoms with Crippen LogP contribution in [0.1, 0.15) is 109 Å². The molecule has 4 nitrogen and oxygen atoms in total. The van der Waals surface area contributed by atoms with Crippen LogP contribution in [0.3, 0.4) is 0 Å². The van der Waals surface area contributed by atoms with E-state index in [1.165, 1.54) is 25.7 Å². The molecule has 3 atom stereocenters. The van der Waals surface area contributed by atoms with Gasteiger partial charge in [-0.05, 0) is 73.5 Å². The molecule has 2 aliphatic carbocycles. The Balaban J connectivity index is 1.87. The molecule has 4 heteroatoms. The van der Waals surface area contributed by atoms with Crippen molar-refractivity contribution in [1.29, 1.82) is 0 Å². The van der Waals surface area contributed by atoms with Gasteiger partial charge in [-0.3, -0.25) is 0 Å². The van der Waals surface area contributed by atoms with E-state index in [4.69, 9.17) is 0 Å². The molecule has 2 saturated carbocycles. The fourth-order valence-corrected chi connectivity index (χ4v) is 6.05. The Bertz CT molecular complexity index is 763. The Labute approximate surface area is 188 Å². The van der Waals surface area contributed by atoms with E-state index in [0.717, 1.165) is 37.7 Å². The van der Waals surface area contributed by atoms with Crippen LogP contribution in [-0.2, 0) is 5.41 Å². The summed E-state index contributed by atoms with van der Waals surface area (Å²) in [4.78, 5) is 11.6. The quantitative estimate of drug-likeness (QED) is 0.266. The van der Waals surface area contributed by atoms with E-state index < -0.39 is 0 Å². The predicted molar refractivity (Wildman–Crippen MR) is 128 cm³/mol. The van der Waals surface area contributed by atoms with Crippen LogP contribution < -0.4 is 0 Å². The van der Waals surface area contributed by atoms with Gasteiger partial charge in [-0.15, -0.1) is 0 Å². The van der Waals surface area contributed by atoms with E-state index in [1.54, 1.807) is 0 Å². The summed E-state index contributed by atoms with van der Waals surface area (Å²) >= 11 is 0. The van der Waals surface area contributed by atoms with Gasteiger partial charge in [0.05, 0.1) is 6.04 Å². The lowest BCUT2D eigenvalue weighted by Crippen LogP contribution is -2.36. The lowest BCUT2D eigenvalue weighted by atomic mass is 9.66. The first kappa shape index (κ1) is 23.8. The second-order valence-corrected chi connectivity index (χ2v) is 11.0. The standard InChI is InChI=1S/C27H41NO3/c1-5-6-7-8-13-27(14-9-10-15-27)20-17-23(29)25(24(30)18-20)19-11-12-21(26(2,3)4)22(16-19)28-31/h8,13,17-19,21-22,29-30H,5-7,9-12,14-16H2,1-4H3/t19-,21-,22?/m0/s1. The van der Waals surface area contributed by atoms with Gasteiger partial charge in [-0.2, -0.15) is 4.91 Å². The van der Waals surface area contributed by atoms with E-state index in [9.17, 15) is 15.1 Å². The lowest BCUT2D eigenvalue weighted by Gasteiger charge is -2.40. The first-order chi connectivity index (χ1) is 14.7. The average Bonchev–Trinajstić information content (AvgIpc) is 3.20. The summed E-state index contributed by atoms with van der Waals surface area (Å²) in [5.41, 5.74) is 1.56. The van der Waals surface area contributed by atoms with Crippen molar-refractivity contribution in [2.75, 3.05) is 0 Å². The van der Waals surface area contributed by atoms with Crippen molar-refractivity contribution in [2.24, 2.45) is 16.5 Å². The summed E-state index contributed by atoms with van der Waals surface area (Å²) in [5, 5.41) is 25.5. The molecule has 0 bridgehead atoms. The lowest BCUT2D eigenvalue weighted by molar-refractivity contribution is 0.141. The number of unbranched alkanes of at least 4 members (excludes halogenated alkanes) is 2. The number of aromatic hydroxyl groups is 2. The first-order valence-electron chi connectivity index (χ1n) is 12.3. The van der Waals surface area contributed by atoms with Gasteiger partial charge >= 0.3 is 0 Å². The molecule has 0 aliphatic heterocycles. The first-order valence-corrected chi connectivity index (χ1v) is 12.3. The number of hydrogen-bond acceptors (Lipinski definition) is 4. The summed E-state index contributed by atoms with van der Waals surface area (Å²) in [5.74, 6) is 0.550. The number of allylic oxidation sites excluding steroid dienone is 2. The maximum atomic E-state index is 11.6. The van der Waals surface area contributed by atoms with Crippen LogP contribution in [0.25, 0.3) is 0 Å². The molecule has 1 unspecified atom stereocenters. The number of benzene rings is 1. The smallest absolute Gasteiger partial charge is 0.123 e. The van der Waals surface area contributed by atoms with Crippen molar-refractivity contribution in [2.45, 2.75) is 109 Å². The number of rotatable bonds is 7. The molecule has 2 aliphatic rings. The summed E-state index contributed by atoms with van der Waals surface area (Å²) in [7, 11) is 0. The van der Waals surface area contributed by atoms with Crippen LogP contribution >= 0.6 is 0 Å². The molecule has 1 aromatic rings. The number of phenolic OH excluding ortho intramolecular Hbond substituents is 2. The number of nitroso groups, excluding NO2 is 1. The van der Waals surface area contributed by atoms with Crippen LogP contribution in [0.5, 0.6) is 11.5 Å². The van der Waals surface area contributed by atoms with Crippen molar-refractivity contribution >= 4 is 0 Å².